The van der Waals surface area contributed by atoms with Gasteiger partial charge in [0.15, 0.2) is 18.1 Å². The summed E-state index contributed by atoms with van der Waals surface area (Å²) in [6, 6.07) is 1.74. The second-order valence-electron chi connectivity index (χ2n) is 12.6. The molecule has 0 bridgehead atoms. The number of allylic oxidation sites excluding steroid dienone is 4. The van der Waals surface area contributed by atoms with Crippen LogP contribution in [0.2, 0.25) is 0 Å². The van der Waals surface area contributed by atoms with E-state index in [1.165, 1.54) is 19.1 Å². The quantitative estimate of drug-likeness (QED) is 0.451. The summed E-state index contributed by atoms with van der Waals surface area (Å²) < 4.78 is 49.9. The van der Waals surface area contributed by atoms with Crippen molar-refractivity contribution in [1.82, 2.24) is 0 Å². The van der Waals surface area contributed by atoms with Crippen LogP contribution in [0.15, 0.2) is 23.8 Å². The zero-order valence-corrected chi connectivity index (χ0v) is 23.9. The minimum absolute atomic E-state index is 0.00809. The van der Waals surface area contributed by atoms with Gasteiger partial charge in [-0.3, -0.25) is 4.79 Å². The molecule has 0 heterocycles. The second kappa shape index (κ2) is 10.2. The van der Waals surface area contributed by atoms with Crippen LogP contribution in [0.4, 0.5) is 13.6 Å². The molecule has 0 aromatic heterocycles. The number of nitriles is 1. The van der Waals surface area contributed by atoms with Gasteiger partial charge in [0.1, 0.15) is 18.3 Å². The standard InChI is InChI=1S/C30H39F2NO7/c1-7-23(16(2)3)39-26(37)40-30(25(36)38-11-10-33)17(4)12-19-20-14-22(31)21-13-18(34)8-9-27(21,5)29(20,32)24(35)15-28(19,30)6/h8-9,13,16-17,19-20,22-24,35H,7,11-12,14-15H2,1-6H3/t17-,19+,20+,22+,23?,24+,27+,28+,29+,30+/m1/s1. The van der Waals surface area contributed by atoms with Crippen LogP contribution in [0.3, 0.4) is 0 Å². The predicted octanol–water partition coefficient (Wildman–Crippen LogP) is 4.94. The summed E-state index contributed by atoms with van der Waals surface area (Å²) in [7, 11) is 0. The van der Waals surface area contributed by atoms with Gasteiger partial charge in [-0.1, -0.05) is 40.7 Å². The summed E-state index contributed by atoms with van der Waals surface area (Å²) in [4.78, 5) is 39.0. The van der Waals surface area contributed by atoms with E-state index in [0.717, 1.165) is 6.08 Å². The number of halogens is 2. The first-order valence-electron chi connectivity index (χ1n) is 14.0. The summed E-state index contributed by atoms with van der Waals surface area (Å²) in [5.74, 6) is -3.99. The van der Waals surface area contributed by atoms with Crippen molar-refractivity contribution in [3.8, 4) is 6.07 Å². The van der Waals surface area contributed by atoms with E-state index in [-0.39, 0.29) is 30.8 Å². The zero-order chi connectivity index (χ0) is 29.8. The molecule has 0 spiro atoms. The van der Waals surface area contributed by atoms with Crippen molar-refractivity contribution >= 4 is 17.9 Å². The summed E-state index contributed by atoms with van der Waals surface area (Å²) in [5, 5.41) is 20.7. The average Bonchev–Trinajstić information content (AvgIpc) is 3.10. The molecule has 8 nitrogen and oxygen atoms in total. The number of aliphatic hydroxyl groups excluding tert-OH is 1. The van der Waals surface area contributed by atoms with E-state index in [1.807, 2.05) is 20.8 Å². The Morgan fingerprint density at radius 2 is 1.93 bits per heavy atom. The first-order chi connectivity index (χ1) is 18.6. The van der Waals surface area contributed by atoms with Crippen molar-refractivity contribution in [3.63, 3.8) is 0 Å². The van der Waals surface area contributed by atoms with Crippen molar-refractivity contribution in [2.24, 2.45) is 34.5 Å². The number of fused-ring (bicyclic) bond motifs is 5. The largest absolute Gasteiger partial charge is 0.509 e. The summed E-state index contributed by atoms with van der Waals surface area (Å²) >= 11 is 0. The van der Waals surface area contributed by atoms with Gasteiger partial charge >= 0.3 is 12.1 Å². The van der Waals surface area contributed by atoms with E-state index in [2.05, 4.69) is 0 Å². The van der Waals surface area contributed by atoms with Crippen molar-refractivity contribution in [3.05, 3.63) is 23.8 Å². The molecule has 4 aliphatic carbocycles. The van der Waals surface area contributed by atoms with E-state index in [9.17, 15) is 19.5 Å². The maximum atomic E-state index is 17.5. The summed E-state index contributed by atoms with van der Waals surface area (Å²) in [6.45, 7) is 9.77. The second-order valence-corrected chi connectivity index (χ2v) is 12.6. The number of aliphatic hydroxyl groups is 1. The Balaban J connectivity index is 1.81. The minimum Gasteiger partial charge on any atom is -0.447 e. The third kappa shape index (κ3) is 4.02. The molecule has 40 heavy (non-hydrogen) atoms. The SMILES string of the molecule is CCC(OC(=O)O[C@]1(C(=O)OCC#N)[C@H](C)C[C@H]2[C@@H]3C[C@H](F)C4=CC(=O)C=C[C@]4(C)[C@@]3(F)[C@@H](O)C[C@@]21C)C(C)C. The Morgan fingerprint density at radius 3 is 2.52 bits per heavy atom. The molecule has 1 N–H and O–H groups in total. The zero-order valence-electron chi connectivity index (χ0n) is 23.9. The third-order valence-electron chi connectivity index (χ3n) is 10.4. The molecule has 10 heteroatoms. The molecule has 0 saturated heterocycles. The minimum atomic E-state index is -2.36. The molecule has 3 saturated carbocycles. The number of carbonyl (C=O) groups excluding carboxylic acids is 3. The molecule has 220 valence electrons. The Kier molecular flexibility index (Phi) is 7.72. The maximum Gasteiger partial charge on any atom is 0.509 e. The van der Waals surface area contributed by atoms with Gasteiger partial charge in [0.25, 0.3) is 0 Å². The van der Waals surface area contributed by atoms with E-state index in [4.69, 9.17) is 19.5 Å². The number of ketones is 1. The third-order valence-corrected chi connectivity index (χ3v) is 10.4. The van der Waals surface area contributed by atoms with Crippen LogP contribution in [0.1, 0.15) is 67.2 Å². The molecule has 10 atom stereocenters. The monoisotopic (exact) mass is 563 g/mol. The van der Waals surface area contributed by atoms with Gasteiger partial charge < -0.3 is 19.3 Å². The number of carbonyl (C=O) groups is 3. The molecule has 4 rings (SSSR count). The average molecular weight is 564 g/mol. The van der Waals surface area contributed by atoms with Gasteiger partial charge in [-0.25, -0.2) is 18.4 Å². The lowest BCUT2D eigenvalue weighted by atomic mass is 9.44. The molecule has 0 aromatic rings. The molecule has 4 aliphatic rings. The Morgan fingerprint density at radius 1 is 1.25 bits per heavy atom. The fourth-order valence-corrected chi connectivity index (χ4v) is 8.39. The van der Waals surface area contributed by atoms with Gasteiger partial charge in [-0.05, 0) is 62.2 Å². The highest BCUT2D eigenvalue weighted by atomic mass is 19.1. The highest BCUT2D eigenvalue weighted by Crippen LogP contribution is 2.71. The summed E-state index contributed by atoms with van der Waals surface area (Å²) in [5.41, 5.74) is -7.37. The molecular formula is C30H39F2NO7. The smallest absolute Gasteiger partial charge is 0.447 e. The van der Waals surface area contributed by atoms with Crippen LogP contribution in [-0.4, -0.2) is 59.3 Å². The van der Waals surface area contributed by atoms with Crippen LogP contribution in [0.5, 0.6) is 0 Å². The van der Waals surface area contributed by atoms with Crippen molar-refractivity contribution in [2.45, 2.75) is 96.9 Å². The lowest BCUT2D eigenvalue weighted by molar-refractivity contribution is -0.234. The predicted molar refractivity (Wildman–Crippen MR) is 139 cm³/mol. The van der Waals surface area contributed by atoms with Crippen LogP contribution >= 0.6 is 0 Å². The Hall–Kier alpha value is -2.80. The highest BCUT2D eigenvalue weighted by molar-refractivity contribution is 6.01. The van der Waals surface area contributed by atoms with Gasteiger partial charge in [0.2, 0.25) is 5.60 Å². The maximum absolute atomic E-state index is 17.5. The number of hydrogen-bond acceptors (Lipinski definition) is 8. The fraction of sp³-hybridized carbons (Fsp3) is 0.733. The van der Waals surface area contributed by atoms with E-state index in [0.29, 0.717) is 6.42 Å². The normalized spacial score (nSPS) is 42.6. The first-order valence-corrected chi connectivity index (χ1v) is 14.0. The molecule has 1 unspecified atom stereocenters. The lowest BCUT2D eigenvalue weighted by Crippen LogP contribution is -2.71. The lowest BCUT2D eigenvalue weighted by Gasteiger charge is -2.62. The number of hydrogen-bond donors (Lipinski definition) is 1. The van der Waals surface area contributed by atoms with Crippen molar-refractivity contribution < 1.29 is 42.5 Å². The van der Waals surface area contributed by atoms with Crippen LogP contribution in [0, 0.1) is 45.8 Å². The van der Waals surface area contributed by atoms with Gasteiger partial charge in [0, 0.05) is 22.7 Å². The fourth-order valence-electron chi connectivity index (χ4n) is 8.39. The molecule has 3 fully saturated rings. The molecule has 0 aromatic carbocycles. The Bertz CT molecular complexity index is 1180. The van der Waals surface area contributed by atoms with Crippen LogP contribution < -0.4 is 0 Å². The number of esters is 1. The number of rotatable bonds is 6. The molecule has 0 aliphatic heterocycles. The van der Waals surface area contributed by atoms with Crippen molar-refractivity contribution in [1.29, 1.82) is 5.26 Å². The van der Waals surface area contributed by atoms with E-state index in [1.54, 1.807) is 19.9 Å². The number of ether oxygens (including phenoxy) is 3. The van der Waals surface area contributed by atoms with Crippen molar-refractivity contribution in [2.75, 3.05) is 6.61 Å². The Labute approximate surface area is 233 Å². The van der Waals surface area contributed by atoms with Crippen LogP contribution in [-0.2, 0) is 23.8 Å². The highest BCUT2D eigenvalue weighted by Gasteiger charge is 2.79. The summed E-state index contributed by atoms with van der Waals surface area (Å²) in [6.07, 6.45) is -1.27. The molecule has 0 radical (unpaired) electrons. The molecular weight excluding hydrogens is 524 g/mol. The van der Waals surface area contributed by atoms with Crippen LogP contribution in [0.25, 0.3) is 0 Å². The number of nitrogens with zero attached hydrogens (tertiary/aromatic N) is 1. The van der Waals surface area contributed by atoms with Gasteiger partial charge in [0.05, 0.1) is 6.10 Å². The van der Waals surface area contributed by atoms with E-state index < -0.39 is 82.7 Å². The van der Waals surface area contributed by atoms with E-state index >= 15 is 8.78 Å². The number of alkyl halides is 2. The topological polar surface area (TPSA) is 123 Å². The first kappa shape index (κ1) is 30.2. The van der Waals surface area contributed by atoms with Gasteiger partial charge in [-0.15, -0.1) is 0 Å². The molecule has 0 amide bonds. The van der Waals surface area contributed by atoms with Gasteiger partial charge in [-0.2, -0.15) is 5.26 Å².